The normalized spacial score (nSPS) is 12.2. The Kier molecular flexibility index (Phi) is 7.27. The van der Waals surface area contributed by atoms with Crippen molar-refractivity contribution in [1.82, 2.24) is 5.32 Å². The van der Waals surface area contributed by atoms with Gasteiger partial charge in [0.1, 0.15) is 5.56 Å². The topological polar surface area (TPSA) is 92.5 Å². The lowest BCUT2D eigenvalue weighted by atomic mass is 9.94. The van der Waals surface area contributed by atoms with E-state index in [0.717, 1.165) is 6.42 Å². The lowest BCUT2D eigenvalue weighted by Crippen LogP contribution is -2.31. The summed E-state index contributed by atoms with van der Waals surface area (Å²) < 4.78 is 0. The summed E-state index contributed by atoms with van der Waals surface area (Å²) in [5.41, 5.74) is -0.436. The lowest BCUT2D eigenvalue weighted by Gasteiger charge is -2.18. The Balaban J connectivity index is 2.82. The zero-order valence-electron chi connectivity index (χ0n) is 12.7. The van der Waals surface area contributed by atoms with Crippen molar-refractivity contribution in [2.45, 2.75) is 26.7 Å². The van der Waals surface area contributed by atoms with Gasteiger partial charge in [-0.2, -0.15) is 0 Å². The second-order valence-corrected chi connectivity index (χ2v) is 6.02. The number of benzene rings is 1. The molecule has 6 nitrogen and oxygen atoms in total. The molecule has 2 N–H and O–H groups in total. The standard InChI is InChI=1S/C15H21ClN2O4/c1-10(2)8-11(6-7-19)9-17-15(20)14-12(16)4-3-5-13(14)18(21)22/h3-5,10-11,19H,6-9H2,1-2H3,(H,17,20). The predicted octanol–water partition coefficient (Wildman–Crippen LogP) is 3.02. The number of amides is 1. The Morgan fingerprint density at radius 1 is 1.45 bits per heavy atom. The minimum absolute atomic E-state index is 0.0412. The van der Waals surface area contributed by atoms with Crippen molar-refractivity contribution in [1.29, 1.82) is 0 Å². The molecule has 7 heteroatoms. The zero-order valence-corrected chi connectivity index (χ0v) is 13.5. The Morgan fingerprint density at radius 2 is 2.14 bits per heavy atom. The van der Waals surface area contributed by atoms with E-state index in [9.17, 15) is 14.9 Å². The van der Waals surface area contributed by atoms with Gasteiger partial charge in [-0.1, -0.05) is 31.5 Å². The fourth-order valence-electron chi connectivity index (χ4n) is 2.37. The van der Waals surface area contributed by atoms with Crippen molar-refractivity contribution in [2.75, 3.05) is 13.2 Å². The maximum Gasteiger partial charge on any atom is 0.283 e. The molecule has 122 valence electrons. The van der Waals surface area contributed by atoms with Gasteiger partial charge in [0.05, 0.1) is 9.95 Å². The van der Waals surface area contributed by atoms with Crippen LogP contribution < -0.4 is 5.32 Å². The first kappa shape index (κ1) is 18.4. The first-order valence-corrected chi connectivity index (χ1v) is 7.56. The van der Waals surface area contributed by atoms with Gasteiger partial charge in [0.2, 0.25) is 0 Å². The van der Waals surface area contributed by atoms with Gasteiger partial charge in [0, 0.05) is 19.2 Å². The monoisotopic (exact) mass is 328 g/mol. The highest BCUT2D eigenvalue weighted by atomic mass is 35.5. The molecule has 0 bridgehead atoms. The van der Waals surface area contributed by atoms with Gasteiger partial charge in [-0.15, -0.1) is 0 Å². The average Bonchev–Trinajstić information content (AvgIpc) is 2.43. The molecule has 1 rings (SSSR count). The van der Waals surface area contributed by atoms with Gasteiger partial charge >= 0.3 is 0 Å². The van der Waals surface area contributed by atoms with Gasteiger partial charge in [-0.3, -0.25) is 14.9 Å². The molecular weight excluding hydrogens is 308 g/mol. The molecule has 0 saturated carbocycles. The number of nitro groups is 1. The summed E-state index contributed by atoms with van der Waals surface area (Å²) in [5.74, 6) is -0.0115. The molecule has 0 aromatic heterocycles. The van der Waals surface area contributed by atoms with E-state index in [1.807, 2.05) is 0 Å². The van der Waals surface area contributed by atoms with Crippen LogP contribution in [0.15, 0.2) is 18.2 Å². The maximum absolute atomic E-state index is 12.2. The maximum atomic E-state index is 12.2. The van der Waals surface area contributed by atoms with Gasteiger partial charge < -0.3 is 10.4 Å². The fourth-order valence-corrected chi connectivity index (χ4v) is 2.62. The number of nitro benzene ring substituents is 1. The summed E-state index contributed by atoms with van der Waals surface area (Å²) in [5, 5.41) is 22.8. The average molecular weight is 329 g/mol. The van der Waals surface area contributed by atoms with E-state index >= 15 is 0 Å². The van der Waals surface area contributed by atoms with Crippen molar-refractivity contribution < 1.29 is 14.8 Å². The predicted molar refractivity (Wildman–Crippen MR) is 85.1 cm³/mol. The summed E-state index contributed by atoms with van der Waals surface area (Å²) in [6.07, 6.45) is 1.43. The molecule has 0 heterocycles. The number of hydrogen-bond donors (Lipinski definition) is 2. The van der Waals surface area contributed by atoms with Crippen molar-refractivity contribution in [2.24, 2.45) is 11.8 Å². The highest BCUT2D eigenvalue weighted by Gasteiger charge is 2.23. The van der Waals surface area contributed by atoms with E-state index in [1.54, 1.807) is 0 Å². The molecule has 0 fully saturated rings. The highest BCUT2D eigenvalue weighted by Crippen LogP contribution is 2.26. The van der Waals surface area contributed by atoms with Crippen molar-refractivity contribution in [3.63, 3.8) is 0 Å². The second-order valence-electron chi connectivity index (χ2n) is 5.61. The third kappa shape index (κ3) is 5.27. The summed E-state index contributed by atoms with van der Waals surface area (Å²) in [6.45, 7) is 4.51. The number of carbonyl (C=O) groups is 1. The van der Waals surface area contributed by atoms with E-state index in [-0.39, 0.29) is 28.8 Å². The van der Waals surface area contributed by atoms with Gasteiger partial charge in [0.25, 0.3) is 11.6 Å². The smallest absolute Gasteiger partial charge is 0.283 e. The van der Waals surface area contributed by atoms with E-state index in [1.165, 1.54) is 18.2 Å². The van der Waals surface area contributed by atoms with E-state index in [2.05, 4.69) is 19.2 Å². The van der Waals surface area contributed by atoms with Crippen LogP contribution in [0.3, 0.4) is 0 Å². The first-order chi connectivity index (χ1) is 10.4. The Labute approximate surface area is 134 Å². The van der Waals surface area contributed by atoms with Crippen LogP contribution in [0.25, 0.3) is 0 Å². The molecule has 1 amide bonds. The highest BCUT2D eigenvalue weighted by molar-refractivity contribution is 6.34. The lowest BCUT2D eigenvalue weighted by molar-refractivity contribution is -0.385. The number of halogens is 1. The first-order valence-electron chi connectivity index (χ1n) is 7.18. The number of nitrogens with zero attached hydrogens (tertiary/aromatic N) is 1. The molecule has 0 aliphatic carbocycles. The molecule has 1 unspecified atom stereocenters. The summed E-state index contributed by atoms with van der Waals surface area (Å²) in [4.78, 5) is 22.6. The molecule has 0 radical (unpaired) electrons. The van der Waals surface area contributed by atoms with Crippen LogP contribution in [-0.2, 0) is 0 Å². The molecule has 0 spiro atoms. The number of aliphatic hydroxyl groups is 1. The summed E-state index contributed by atoms with van der Waals surface area (Å²) >= 11 is 5.92. The minimum atomic E-state index is -0.625. The van der Waals surface area contributed by atoms with Crippen LogP contribution in [0.5, 0.6) is 0 Å². The van der Waals surface area contributed by atoms with E-state index in [0.29, 0.717) is 18.9 Å². The number of carbonyl (C=O) groups excluding carboxylic acids is 1. The Hall–Kier alpha value is -1.66. The fraction of sp³-hybridized carbons (Fsp3) is 0.533. The molecule has 22 heavy (non-hydrogen) atoms. The van der Waals surface area contributed by atoms with Crippen LogP contribution in [-0.4, -0.2) is 29.1 Å². The minimum Gasteiger partial charge on any atom is -0.396 e. The Morgan fingerprint density at radius 3 is 2.68 bits per heavy atom. The van der Waals surface area contributed by atoms with Crippen molar-refractivity contribution >= 4 is 23.2 Å². The largest absolute Gasteiger partial charge is 0.396 e. The van der Waals surface area contributed by atoms with Crippen LogP contribution in [0.4, 0.5) is 5.69 Å². The van der Waals surface area contributed by atoms with Crippen LogP contribution >= 0.6 is 11.6 Å². The van der Waals surface area contributed by atoms with Crippen molar-refractivity contribution in [3.05, 3.63) is 38.9 Å². The molecule has 1 atom stereocenters. The number of hydrogen-bond acceptors (Lipinski definition) is 4. The van der Waals surface area contributed by atoms with Gasteiger partial charge in [-0.25, -0.2) is 0 Å². The quantitative estimate of drug-likeness (QED) is 0.566. The van der Waals surface area contributed by atoms with Gasteiger partial charge in [-0.05, 0) is 30.7 Å². The molecule has 1 aromatic carbocycles. The molecule has 1 aromatic rings. The second kappa shape index (κ2) is 8.70. The zero-order chi connectivity index (χ0) is 16.7. The van der Waals surface area contributed by atoms with Crippen LogP contribution in [0.1, 0.15) is 37.0 Å². The number of nitrogens with one attached hydrogen (secondary N) is 1. The summed E-state index contributed by atoms with van der Waals surface area (Å²) in [6, 6.07) is 4.13. The number of rotatable bonds is 8. The third-order valence-electron chi connectivity index (χ3n) is 3.31. The molecular formula is C15H21ClN2O4. The van der Waals surface area contributed by atoms with Crippen molar-refractivity contribution in [3.8, 4) is 0 Å². The van der Waals surface area contributed by atoms with E-state index < -0.39 is 10.8 Å². The molecule has 0 aliphatic rings. The summed E-state index contributed by atoms with van der Waals surface area (Å²) in [7, 11) is 0. The number of aliphatic hydroxyl groups excluding tert-OH is 1. The van der Waals surface area contributed by atoms with Crippen LogP contribution in [0, 0.1) is 22.0 Å². The molecule has 0 aliphatic heterocycles. The SMILES string of the molecule is CC(C)CC(CCO)CNC(=O)c1c(Cl)cccc1[N+](=O)[O-]. The Bertz CT molecular complexity index is 534. The molecule has 0 saturated heterocycles. The van der Waals surface area contributed by atoms with Gasteiger partial charge in [0.15, 0.2) is 0 Å². The third-order valence-corrected chi connectivity index (χ3v) is 3.62. The van der Waals surface area contributed by atoms with Crippen LogP contribution in [0.2, 0.25) is 5.02 Å². The van der Waals surface area contributed by atoms with E-state index in [4.69, 9.17) is 16.7 Å².